The summed E-state index contributed by atoms with van der Waals surface area (Å²) in [6, 6.07) is 15.5. The molecule has 0 aliphatic carbocycles. The van der Waals surface area contributed by atoms with E-state index < -0.39 is 5.97 Å². The minimum Gasteiger partial charge on any atom is -0.491 e. The third-order valence-electron chi connectivity index (χ3n) is 5.94. The average molecular weight is 510 g/mol. The molecule has 1 saturated heterocycles. The number of hydrogen-bond donors (Lipinski definition) is 3. The van der Waals surface area contributed by atoms with Crippen LogP contribution < -0.4 is 15.4 Å². The Bertz CT molecular complexity index is 1180. The van der Waals surface area contributed by atoms with Gasteiger partial charge in [-0.2, -0.15) is 0 Å². The number of carbonyl (C=O) groups is 2. The van der Waals surface area contributed by atoms with Gasteiger partial charge in [-0.05, 0) is 66.8 Å². The predicted octanol–water partition coefficient (Wildman–Crippen LogP) is 5.22. The van der Waals surface area contributed by atoms with Crippen molar-refractivity contribution in [3.05, 3.63) is 59.8 Å². The number of benzene rings is 2. The molecule has 0 unspecified atom stereocenters. The summed E-state index contributed by atoms with van der Waals surface area (Å²) in [7, 11) is 2.08. The fourth-order valence-electron chi connectivity index (χ4n) is 4.09. The minimum absolute atomic E-state index is 0.136. The van der Waals surface area contributed by atoms with Crippen LogP contribution in [-0.4, -0.2) is 47.4 Å². The average Bonchev–Trinajstić information content (AvgIpc) is 3.45. The Balaban J connectivity index is 0.000000886. The van der Waals surface area contributed by atoms with Crippen molar-refractivity contribution in [2.45, 2.75) is 53.2 Å². The molecular formula is C29H39N3O5. The fourth-order valence-corrected chi connectivity index (χ4v) is 4.09. The van der Waals surface area contributed by atoms with Crippen LogP contribution in [0.2, 0.25) is 0 Å². The largest absolute Gasteiger partial charge is 0.491 e. The van der Waals surface area contributed by atoms with Crippen LogP contribution in [0.4, 0.5) is 5.69 Å². The van der Waals surface area contributed by atoms with Crippen molar-refractivity contribution in [1.29, 1.82) is 0 Å². The Morgan fingerprint density at radius 2 is 1.84 bits per heavy atom. The molecule has 200 valence electrons. The molecule has 1 aromatic heterocycles. The molecule has 0 saturated carbocycles. The molecule has 37 heavy (non-hydrogen) atoms. The first-order chi connectivity index (χ1) is 17.5. The number of nitrogens with one attached hydrogen (secondary N) is 2. The number of nitrogens with zero attached hydrogens (tertiary/aromatic N) is 1. The number of carboxylic acid groups (broad SMARTS) is 1. The lowest BCUT2D eigenvalue weighted by molar-refractivity contribution is -0.134. The molecule has 1 aliphatic rings. The lowest BCUT2D eigenvalue weighted by Crippen LogP contribution is -2.27. The molecule has 0 radical (unpaired) electrons. The van der Waals surface area contributed by atoms with Gasteiger partial charge in [0, 0.05) is 61.5 Å². The van der Waals surface area contributed by atoms with Gasteiger partial charge in [0.25, 0.3) is 11.9 Å². The Morgan fingerprint density at radius 3 is 2.46 bits per heavy atom. The third-order valence-corrected chi connectivity index (χ3v) is 5.94. The summed E-state index contributed by atoms with van der Waals surface area (Å²) < 4.78 is 13.6. The van der Waals surface area contributed by atoms with Gasteiger partial charge in [-0.1, -0.05) is 20.8 Å². The quantitative estimate of drug-likeness (QED) is 0.385. The number of aliphatic carboxylic acids is 1. The first-order valence-corrected chi connectivity index (χ1v) is 12.7. The first-order valence-electron chi connectivity index (χ1n) is 12.7. The van der Waals surface area contributed by atoms with Gasteiger partial charge in [0.2, 0.25) is 0 Å². The highest BCUT2D eigenvalue weighted by Gasteiger charge is 2.16. The van der Waals surface area contributed by atoms with E-state index in [1.807, 2.05) is 24.3 Å². The van der Waals surface area contributed by atoms with Gasteiger partial charge in [0.15, 0.2) is 0 Å². The minimum atomic E-state index is -0.833. The second kappa shape index (κ2) is 12.7. The summed E-state index contributed by atoms with van der Waals surface area (Å²) in [5.41, 5.74) is 3.99. The number of carbonyl (C=O) groups excluding carboxylic acids is 1. The van der Waals surface area contributed by atoms with Crippen molar-refractivity contribution >= 4 is 28.5 Å². The lowest BCUT2D eigenvalue weighted by Gasteiger charge is -2.18. The zero-order valence-corrected chi connectivity index (χ0v) is 22.5. The molecule has 2 heterocycles. The molecule has 1 aliphatic heterocycles. The van der Waals surface area contributed by atoms with Crippen LogP contribution in [0.25, 0.3) is 10.9 Å². The van der Waals surface area contributed by atoms with E-state index >= 15 is 0 Å². The van der Waals surface area contributed by atoms with Crippen LogP contribution in [-0.2, 0) is 23.1 Å². The fraction of sp³-hybridized carbons (Fsp3) is 0.448. The van der Waals surface area contributed by atoms with E-state index in [0.29, 0.717) is 12.2 Å². The zero-order valence-electron chi connectivity index (χ0n) is 22.5. The van der Waals surface area contributed by atoms with E-state index in [9.17, 15) is 4.79 Å². The standard InChI is InChI=1S/C27H35N3O3.C2H4O2/c1-27(2,3)18-28-16-22-15-20-14-21(9-12-25(20)30(22)4)29-26(31)19-7-10-23(11-8-19)33-17-24-6-5-13-32-24;1-2(3)4/h7-12,14-15,24,28H,5-6,13,16-18H2,1-4H3,(H,29,31);1H3,(H,3,4)/t24-;/m0./s1. The number of hydrogen-bond acceptors (Lipinski definition) is 5. The Hall–Kier alpha value is -3.36. The van der Waals surface area contributed by atoms with Crippen LogP contribution in [0.15, 0.2) is 48.5 Å². The maximum absolute atomic E-state index is 12.7. The molecule has 0 spiro atoms. The van der Waals surface area contributed by atoms with Crippen LogP contribution in [0.5, 0.6) is 5.75 Å². The van der Waals surface area contributed by atoms with Crippen LogP contribution >= 0.6 is 0 Å². The maximum atomic E-state index is 12.7. The predicted molar refractivity (Wildman–Crippen MR) is 146 cm³/mol. The van der Waals surface area contributed by atoms with E-state index in [1.165, 1.54) is 5.69 Å². The first kappa shape index (κ1) is 28.2. The number of rotatable bonds is 8. The highest BCUT2D eigenvalue weighted by molar-refractivity contribution is 6.05. The van der Waals surface area contributed by atoms with Crippen LogP contribution in [0.3, 0.4) is 0 Å². The van der Waals surface area contributed by atoms with Gasteiger partial charge in [-0.3, -0.25) is 9.59 Å². The smallest absolute Gasteiger partial charge is 0.300 e. The molecule has 4 rings (SSSR count). The number of carboxylic acids is 1. The lowest BCUT2D eigenvalue weighted by atomic mass is 9.97. The number of aryl methyl sites for hydroxylation is 1. The summed E-state index contributed by atoms with van der Waals surface area (Å²) in [4.78, 5) is 21.7. The summed E-state index contributed by atoms with van der Waals surface area (Å²) >= 11 is 0. The van der Waals surface area contributed by atoms with Gasteiger partial charge < -0.3 is 29.8 Å². The highest BCUT2D eigenvalue weighted by Crippen LogP contribution is 2.24. The van der Waals surface area contributed by atoms with Crippen LogP contribution in [0.1, 0.15) is 56.6 Å². The second-order valence-corrected chi connectivity index (χ2v) is 10.6. The van der Waals surface area contributed by atoms with Gasteiger partial charge in [-0.25, -0.2) is 0 Å². The molecule has 1 amide bonds. The number of anilines is 1. The van der Waals surface area contributed by atoms with E-state index in [2.05, 4.69) is 55.2 Å². The van der Waals surface area contributed by atoms with Gasteiger partial charge >= 0.3 is 0 Å². The van der Waals surface area contributed by atoms with Gasteiger partial charge in [0.05, 0.1) is 6.10 Å². The van der Waals surface area contributed by atoms with Crippen molar-refractivity contribution in [2.75, 3.05) is 25.1 Å². The van der Waals surface area contributed by atoms with Crippen molar-refractivity contribution in [3.63, 3.8) is 0 Å². The summed E-state index contributed by atoms with van der Waals surface area (Å²) in [6.07, 6.45) is 2.31. The molecule has 2 aromatic carbocycles. The summed E-state index contributed by atoms with van der Waals surface area (Å²) in [5, 5.41) is 15.1. The van der Waals surface area contributed by atoms with E-state index in [1.54, 1.807) is 12.1 Å². The Labute approximate surface area is 219 Å². The van der Waals surface area contributed by atoms with Crippen molar-refractivity contribution < 1.29 is 24.2 Å². The van der Waals surface area contributed by atoms with Crippen LogP contribution in [0, 0.1) is 5.41 Å². The maximum Gasteiger partial charge on any atom is 0.300 e. The summed E-state index contributed by atoms with van der Waals surface area (Å²) in [6.45, 7) is 10.9. The van der Waals surface area contributed by atoms with E-state index in [0.717, 1.165) is 61.8 Å². The topological polar surface area (TPSA) is 102 Å². The Morgan fingerprint density at radius 1 is 1.14 bits per heavy atom. The zero-order chi connectivity index (χ0) is 27.0. The van der Waals surface area contributed by atoms with E-state index in [-0.39, 0.29) is 17.4 Å². The number of fused-ring (bicyclic) bond motifs is 1. The van der Waals surface area contributed by atoms with Crippen molar-refractivity contribution in [2.24, 2.45) is 12.5 Å². The molecule has 0 bridgehead atoms. The number of ether oxygens (including phenoxy) is 2. The normalized spacial score (nSPS) is 15.2. The number of amides is 1. The van der Waals surface area contributed by atoms with Gasteiger partial charge in [0.1, 0.15) is 12.4 Å². The highest BCUT2D eigenvalue weighted by atomic mass is 16.5. The third kappa shape index (κ3) is 8.91. The number of aromatic nitrogens is 1. The molecule has 1 fully saturated rings. The molecule has 3 N–H and O–H groups in total. The second-order valence-electron chi connectivity index (χ2n) is 10.6. The molecule has 3 aromatic rings. The molecular weight excluding hydrogens is 470 g/mol. The molecule has 8 heteroatoms. The molecule has 1 atom stereocenters. The van der Waals surface area contributed by atoms with Gasteiger partial charge in [-0.15, -0.1) is 0 Å². The molecule has 8 nitrogen and oxygen atoms in total. The Kier molecular flexibility index (Phi) is 9.72. The van der Waals surface area contributed by atoms with Crippen molar-refractivity contribution in [3.8, 4) is 5.75 Å². The van der Waals surface area contributed by atoms with E-state index in [4.69, 9.17) is 19.4 Å². The monoisotopic (exact) mass is 509 g/mol. The SMILES string of the molecule is CC(=O)O.Cn1c(CNCC(C)(C)C)cc2cc(NC(=O)c3ccc(OC[C@@H]4CCCO4)cc3)ccc21. The van der Waals surface area contributed by atoms with Crippen molar-refractivity contribution in [1.82, 2.24) is 9.88 Å². The summed E-state index contributed by atoms with van der Waals surface area (Å²) in [5.74, 6) is -0.219.